The van der Waals surface area contributed by atoms with Gasteiger partial charge in [0.15, 0.2) is 0 Å². The third kappa shape index (κ3) is 3.92. The first-order chi connectivity index (χ1) is 12.4. The minimum absolute atomic E-state index is 0.188. The van der Waals surface area contributed by atoms with Gasteiger partial charge in [0.25, 0.3) is 5.91 Å². The van der Waals surface area contributed by atoms with Crippen molar-refractivity contribution < 1.29 is 14.3 Å². The van der Waals surface area contributed by atoms with Crippen molar-refractivity contribution in [3.63, 3.8) is 0 Å². The number of primary amides is 1. The number of esters is 1. The second kappa shape index (κ2) is 8.32. The fourth-order valence-electron chi connectivity index (χ4n) is 2.47. The van der Waals surface area contributed by atoms with Gasteiger partial charge in [-0.15, -0.1) is 11.3 Å². The molecule has 26 heavy (non-hydrogen) atoms. The van der Waals surface area contributed by atoms with E-state index in [1.807, 2.05) is 37.3 Å². The third-order valence-electron chi connectivity index (χ3n) is 3.70. The van der Waals surface area contributed by atoms with Crippen LogP contribution in [-0.4, -0.2) is 18.5 Å². The Morgan fingerprint density at radius 2 is 1.96 bits per heavy atom. The van der Waals surface area contributed by atoms with E-state index in [9.17, 15) is 9.59 Å². The van der Waals surface area contributed by atoms with Crippen LogP contribution in [0.1, 0.15) is 29.8 Å². The summed E-state index contributed by atoms with van der Waals surface area (Å²) in [5.41, 5.74) is 7.44. The summed E-state index contributed by atoms with van der Waals surface area (Å²) in [5.74, 6) is -1.29. The van der Waals surface area contributed by atoms with E-state index in [0.717, 1.165) is 16.0 Å². The summed E-state index contributed by atoms with van der Waals surface area (Å²) in [6.45, 7) is 5.38. The molecular formula is C19H19N3O3S. The molecule has 0 radical (unpaired) electrons. The normalized spacial score (nSPS) is 11.3. The molecule has 0 spiro atoms. The molecule has 0 aliphatic carbocycles. The van der Waals surface area contributed by atoms with Crippen LogP contribution in [0.2, 0.25) is 0 Å². The van der Waals surface area contributed by atoms with Gasteiger partial charge in [0.1, 0.15) is 16.6 Å². The lowest BCUT2D eigenvalue weighted by molar-refractivity contribution is -0.114. The van der Waals surface area contributed by atoms with Gasteiger partial charge in [-0.05, 0) is 31.9 Å². The van der Waals surface area contributed by atoms with E-state index in [0.29, 0.717) is 10.6 Å². The molecule has 0 atom stereocenters. The van der Waals surface area contributed by atoms with Crippen LogP contribution in [0.4, 0.5) is 5.00 Å². The zero-order valence-electron chi connectivity index (χ0n) is 14.8. The lowest BCUT2D eigenvalue weighted by Crippen LogP contribution is -2.17. The number of anilines is 1. The molecule has 7 heteroatoms. The van der Waals surface area contributed by atoms with Gasteiger partial charge in [-0.3, -0.25) is 4.79 Å². The van der Waals surface area contributed by atoms with E-state index in [2.05, 4.69) is 5.32 Å². The lowest BCUT2D eigenvalue weighted by Gasteiger charge is -2.09. The Morgan fingerprint density at radius 1 is 1.31 bits per heavy atom. The standard InChI is InChI=1S/C19H19N3O3S/c1-4-25-19(24)15-11(2)16(13-8-6-5-7-9-13)26-18(15)22-12(3)14(10-20)17(21)23/h5-9,22H,4H2,1-3H3,(H2,21,23). The molecule has 0 saturated carbocycles. The van der Waals surface area contributed by atoms with Gasteiger partial charge in [0.05, 0.1) is 12.2 Å². The van der Waals surface area contributed by atoms with E-state index < -0.39 is 11.9 Å². The third-order valence-corrected chi connectivity index (χ3v) is 4.95. The summed E-state index contributed by atoms with van der Waals surface area (Å²) in [5, 5.41) is 12.6. The van der Waals surface area contributed by atoms with Gasteiger partial charge in [-0.2, -0.15) is 5.26 Å². The fraction of sp³-hybridized carbons (Fsp3) is 0.211. The topological polar surface area (TPSA) is 105 Å². The van der Waals surface area contributed by atoms with Gasteiger partial charge in [-0.1, -0.05) is 30.3 Å². The maximum absolute atomic E-state index is 12.5. The number of rotatable bonds is 6. The number of ether oxygens (including phenoxy) is 1. The lowest BCUT2D eigenvalue weighted by atomic mass is 10.1. The predicted molar refractivity (Wildman–Crippen MR) is 102 cm³/mol. The summed E-state index contributed by atoms with van der Waals surface area (Å²) in [6, 6.07) is 11.4. The van der Waals surface area contributed by atoms with E-state index in [1.165, 1.54) is 11.3 Å². The molecule has 3 N–H and O–H groups in total. The Morgan fingerprint density at radius 3 is 2.50 bits per heavy atom. The van der Waals surface area contributed by atoms with Crippen LogP contribution in [0.25, 0.3) is 10.4 Å². The molecular weight excluding hydrogens is 350 g/mol. The van der Waals surface area contributed by atoms with E-state index in [1.54, 1.807) is 19.9 Å². The van der Waals surface area contributed by atoms with Gasteiger partial charge in [0.2, 0.25) is 0 Å². The number of hydrogen-bond donors (Lipinski definition) is 2. The number of benzene rings is 1. The number of carbonyl (C=O) groups excluding carboxylic acids is 2. The number of nitriles is 1. The number of hydrogen-bond acceptors (Lipinski definition) is 6. The highest BCUT2D eigenvalue weighted by atomic mass is 32.1. The Balaban J connectivity index is 2.59. The first-order valence-corrected chi connectivity index (χ1v) is 8.76. The molecule has 6 nitrogen and oxygen atoms in total. The van der Waals surface area contributed by atoms with Gasteiger partial charge in [-0.25, -0.2) is 4.79 Å². The zero-order valence-corrected chi connectivity index (χ0v) is 15.6. The molecule has 2 aromatic rings. The Bertz CT molecular complexity index is 908. The maximum Gasteiger partial charge on any atom is 0.341 e. The molecule has 0 fully saturated rings. The highest BCUT2D eigenvalue weighted by Crippen LogP contribution is 2.40. The number of nitrogens with two attached hydrogens (primary N) is 1. The highest BCUT2D eigenvalue weighted by Gasteiger charge is 2.24. The van der Waals surface area contributed by atoms with E-state index >= 15 is 0 Å². The second-order valence-corrected chi connectivity index (χ2v) is 6.47. The maximum atomic E-state index is 12.5. The van der Waals surface area contributed by atoms with Crippen molar-refractivity contribution in [2.24, 2.45) is 5.73 Å². The van der Waals surface area contributed by atoms with Crippen molar-refractivity contribution in [2.75, 3.05) is 11.9 Å². The Labute approximate surface area is 155 Å². The summed E-state index contributed by atoms with van der Waals surface area (Å²) < 4.78 is 5.17. The number of allylic oxidation sites excluding steroid dienone is 1. The van der Waals surface area contributed by atoms with Crippen LogP contribution >= 0.6 is 11.3 Å². The SMILES string of the molecule is CCOC(=O)c1c(NC(C)=C(C#N)C(N)=O)sc(-c2ccccc2)c1C. The summed E-state index contributed by atoms with van der Waals surface area (Å²) >= 11 is 1.35. The van der Waals surface area contributed by atoms with Gasteiger partial charge >= 0.3 is 5.97 Å². The average Bonchev–Trinajstić information content (AvgIpc) is 2.92. The van der Waals surface area contributed by atoms with E-state index in [4.69, 9.17) is 15.7 Å². The molecule has 1 aromatic carbocycles. The van der Waals surface area contributed by atoms with Crippen molar-refractivity contribution in [1.29, 1.82) is 5.26 Å². The molecule has 1 amide bonds. The Hall–Kier alpha value is -3.11. The number of nitrogens with one attached hydrogen (secondary N) is 1. The monoisotopic (exact) mass is 369 g/mol. The van der Waals surface area contributed by atoms with Crippen molar-refractivity contribution >= 4 is 28.2 Å². The van der Waals surface area contributed by atoms with Gasteiger partial charge < -0.3 is 15.8 Å². The van der Waals surface area contributed by atoms with E-state index in [-0.39, 0.29) is 17.9 Å². The Kier molecular flexibility index (Phi) is 6.15. The molecule has 0 aliphatic rings. The zero-order chi connectivity index (χ0) is 19.3. The number of amides is 1. The molecule has 1 heterocycles. The number of nitrogens with zero attached hydrogens (tertiary/aromatic N) is 1. The predicted octanol–water partition coefficient (Wildman–Crippen LogP) is 3.60. The number of thiophene rings is 1. The van der Waals surface area contributed by atoms with Crippen molar-refractivity contribution in [2.45, 2.75) is 20.8 Å². The minimum Gasteiger partial charge on any atom is -0.462 e. The first-order valence-electron chi connectivity index (χ1n) is 7.94. The molecule has 0 aliphatic heterocycles. The molecule has 2 rings (SSSR count). The van der Waals surface area contributed by atoms with Crippen LogP contribution in [-0.2, 0) is 9.53 Å². The largest absolute Gasteiger partial charge is 0.462 e. The number of carbonyl (C=O) groups is 2. The quantitative estimate of drug-likeness (QED) is 0.460. The molecule has 134 valence electrons. The van der Waals surface area contributed by atoms with Crippen molar-refractivity contribution in [1.82, 2.24) is 0 Å². The van der Waals surface area contributed by atoms with Crippen molar-refractivity contribution in [3.8, 4) is 16.5 Å². The first kappa shape index (κ1) is 19.2. The second-order valence-electron chi connectivity index (χ2n) is 5.45. The van der Waals surface area contributed by atoms with Crippen LogP contribution in [0.15, 0.2) is 41.6 Å². The molecule has 0 unspecified atom stereocenters. The minimum atomic E-state index is -0.827. The highest BCUT2D eigenvalue weighted by molar-refractivity contribution is 7.20. The van der Waals surface area contributed by atoms with Crippen molar-refractivity contribution in [3.05, 3.63) is 52.7 Å². The molecule has 0 bridgehead atoms. The fourth-order valence-corrected chi connectivity index (χ4v) is 3.73. The molecule has 0 saturated heterocycles. The summed E-state index contributed by atoms with van der Waals surface area (Å²) in [4.78, 5) is 24.8. The smallest absolute Gasteiger partial charge is 0.341 e. The summed E-state index contributed by atoms with van der Waals surface area (Å²) in [6.07, 6.45) is 0. The van der Waals surface area contributed by atoms with Crippen LogP contribution in [0.5, 0.6) is 0 Å². The van der Waals surface area contributed by atoms with Crippen LogP contribution in [0, 0.1) is 18.3 Å². The average molecular weight is 369 g/mol. The van der Waals surface area contributed by atoms with Crippen LogP contribution in [0.3, 0.4) is 0 Å². The van der Waals surface area contributed by atoms with Gasteiger partial charge in [0, 0.05) is 10.6 Å². The van der Waals surface area contributed by atoms with Crippen LogP contribution < -0.4 is 11.1 Å². The summed E-state index contributed by atoms with van der Waals surface area (Å²) in [7, 11) is 0. The molecule has 1 aromatic heterocycles.